The smallest absolute Gasteiger partial charge is 0.418 e. The topological polar surface area (TPSA) is 0 Å². The number of rotatable bonds is 4. The van der Waals surface area contributed by atoms with Gasteiger partial charge in [-0.2, -0.15) is 0 Å². The molecule has 0 amide bonds. The van der Waals surface area contributed by atoms with E-state index in [2.05, 4.69) is 81.4 Å². The Kier molecular flexibility index (Phi) is 7.75. The first kappa shape index (κ1) is 22.1. The van der Waals surface area contributed by atoms with Gasteiger partial charge in [0.25, 0.3) is 0 Å². The molecule has 28 heavy (non-hydrogen) atoms. The molecule has 0 spiro atoms. The van der Waals surface area contributed by atoms with Crippen molar-refractivity contribution in [2.24, 2.45) is 0 Å². The van der Waals surface area contributed by atoms with E-state index in [4.69, 9.17) is 0 Å². The molecule has 0 saturated carbocycles. The molecule has 3 aromatic rings. The molecule has 6 heteroatoms. The molecule has 2 aromatic carbocycles. The molecule has 0 N–H and O–H groups in total. The second-order valence-electron chi connectivity index (χ2n) is 6.46. The van der Waals surface area contributed by atoms with Crippen molar-refractivity contribution in [1.29, 1.82) is 0 Å². The maximum absolute atomic E-state index is 9.75. The Morgan fingerprint density at radius 2 is 1.00 bits per heavy atom. The third kappa shape index (κ3) is 7.08. The van der Waals surface area contributed by atoms with Crippen LogP contribution in [0.15, 0.2) is 60.7 Å². The molecule has 0 aliphatic rings. The molecular weight excluding hydrogens is 383 g/mol. The lowest BCUT2D eigenvalue weighted by molar-refractivity contribution is 0.368. The highest BCUT2D eigenvalue weighted by Gasteiger charge is 2.20. The van der Waals surface area contributed by atoms with E-state index in [1.165, 1.54) is 37.6 Å². The van der Waals surface area contributed by atoms with Gasteiger partial charge in [-0.25, -0.2) is 0 Å². The Bertz CT molecular complexity index is 816. The fourth-order valence-corrected chi connectivity index (χ4v) is 3.96. The molecule has 0 unspecified atom stereocenters. The Labute approximate surface area is 168 Å². The number of hydrogen-bond acceptors (Lipinski definition) is 0. The van der Waals surface area contributed by atoms with E-state index < -0.39 is 7.25 Å². The van der Waals surface area contributed by atoms with E-state index in [0.717, 1.165) is 12.8 Å². The molecule has 0 saturated heterocycles. The van der Waals surface area contributed by atoms with Gasteiger partial charge in [-0.3, -0.25) is 0 Å². The number of hydrogen-bond donors (Lipinski definition) is 0. The molecule has 148 valence electrons. The van der Waals surface area contributed by atoms with Gasteiger partial charge in [-0.05, 0) is 60.7 Å². The first-order valence-corrected chi connectivity index (χ1v) is 10.0. The van der Waals surface area contributed by atoms with Crippen LogP contribution in [-0.2, 0) is 12.8 Å². The van der Waals surface area contributed by atoms with Gasteiger partial charge in [0.1, 0.15) is 0 Å². The molecule has 0 nitrogen and oxygen atoms in total. The zero-order valence-corrected chi connectivity index (χ0v) is 17.0. The summed E-state index contributed by atoms with van der Waals surface area (Å²) < 4.78 is 39.0. The quantitative estimate of drug-likeness (QED) is 0.233. The van der Waals surface area contributed by atoms with Crippen molar-refractivity contribution < 1.29 is 17.3 Å². The summed E-state index contributed by atoms with van der Waals surface area (Å²) in [5.41, 5.74) is 6.71. The van der Waals surface area contributed by atoms with Crippen molar-refractivity contribution in [3.63, 3.8) is 0 Å². The molecule has 0 aliphatic heterocycles. The van der Waals surface area contributed by atoms with Crippen molar-refractivity contribution in [2.45, 2.75) is 33.6 Å². The minimum absolute atomic E-state index is 1.09. The highest BCUT2D eigenvalue weighted by Crippen LogP contribution is 2.34. The van der Waals surface area contributed by atoms with E-state index >= 15 is 0 Å². The van der Waals surface area contributed by atoms with Gasteiger partial charge in [0.2, 0.25) is 21.1 Å². The van der Waals surface area contributed by atoms with E-state index in [-0.39, 0.29) is 0 Å². The molecule has 0 aliphatic carbocycles. The second kappa shape index (κ2) is 9.83. The van der Waals surface area contributed by atoms with Crippen LogP contribution in [0.5, 0.6) is 0 Å². The highest BCUT2D eigenvalue weighted by molar-refractivity contribution is 7.18. The van der Waals surface area contributed by atoms with Crippen LogP contribution in [0.25, 0.3) is 20.9 Å². The van der Waals surface area contributed by atoms with Gasteiger partial charge in [-0.1, -0.05) is 38.1 Å². The Morgan fingerprint density at radius 1 is 0.679 bits per heavy atom. The molecule has 0 fully saturated rings. The number of benzene rings is 2. The van der Waals surface area contributed by atoms with E-state index in [0.29, 0.717) is 0 Å². The lowest BCUT2D eigenvalue weighted by Crippen LogP contribution is -2.02. The van der Waals surface area contributed by atoms with Crippen molar-refractivity contribution in [2.75, 3.05) is 0 Å². The van der Waals surface area contributed by atoms with Crippen molar-refractivity contribution >= 4 is 18.6 Å². The van der Waals surface area contributed by atoms with Gasteiger partial charge in [-0.15, -0.1) is 0 Å². The fourth-order valence-electron chi connectivity index (χ4n) is 2.73. The summed E-state index contributed by atoms with van der Waals surface area (Å²) in [5, 5.41) is 0. The van der Waals surface area contributed by atoms with Crippen LogP contribution >= 0.6 is 11.3 Å². The summed E-state index contributed by atoms with van der Waals surface area (Å²) in [6.07, 6.45) is 2.18. The van der Waals surface area contributed by atoms with Gasteiger partial charge in [0.15, 0.2) is 0 Å². The summed E-state index contributed by atoms with van der Waals surface area (Å²) in [4.78, 5) is 2.67. The third-order valence-corrected chi connectivity index (χ3v) is 5.38. The number of aryl methyl sites for hydroxylation is 3. The fraction of sp³-hybridized carbons (Fsp3) is 0.227. The highest BCUT2D eigenvalue weighted by atomic mass is 32.1. The standard InChI is InChI=1S/C22H23S.BF4/c1-4-17-6-10-19(11-7-17)21-14-16(3)15-22(23-21)20-12-8-18(5-2)9-13-20;2-1(3,4)5/h6-15H,4-5H2,1-3H3;/q+1;-1. The minimum atomic E-state index is -6.00. The van der Waals surface area contributed by atoms with Crippen LogP contribution in [0.2, 0.25) is 0 Å². The van der Waals surface area contributed by atoms with E-state index in [1.807, 2.05) is 11.3 Å². The second-order valence-corrected chi connectivity index (χ2v) is 7.54. The maximum Gasteiger partial charge on any atom is 0.673 e. The van der Waals surface area contributed by atoms with Crippen LogP contribution in [0.1, 0.15) is 30.5 Å². The first-order valence-electron chi connectivity index (χ1n) is 9.20. The summed E-state index contributed by atoms with van der Waals surface area (Å²) >= 11 is 1.87. The van der Waals surface area contributed by atoms with Crippen LogP contribution in [-0.4, -0.2) is 7.25 Å². The lowest BCUT2D eigenvalue weighted by Gasteiger charge is -2.01. The average molecular weight is 406 g/mol. The zero-order chi connectivity index (χ0) is 20.7. The van der Waals surface area contributed by atoms with Gasteiger partial charge < -0.3 is 17.3 Å². The maximum atomic E-state index is 9.75. The zero-order valence-electron chi connectivity index (χ0n) is 16.2. The Morgan fingerprint density at radius 3 is 1.29 bits per heavy atom. The Hall–Kier alpha value is -2.21. The Balaban J connectivity index is 0.000000500. The first-order chi connectivity index (χ1) is 13.2. The SMILES string of the molecule is CCc1ccc(-c2cc(C)cc(-c3ccc(CC)cc3)[s+]2)cc1.F[B-](F)(F)F. The molecule has 1 aromatic heterocycles. The van der Waals surface area contributed by atoms with Crippen LogP contribution in [0.3, 0.4) is 0 Å². The van der Waals surface area contributed by atoms with Gasteiger partial charge in [0.05, 0.1) is 0 Å². The third-order valence-electron chi connectivity index (χ3n) is 4.23. The largest absolute Gasteiger partial charge is 0.673 e. The van der Waals surface area contributed by atoms with Crippen LogP contribution in [0, 0.1) is 6.92 Å². The van der Waals surface area contributed by atoms with E-state index in [1.54, 1.807) is 0 Å². The summed E-state index contributed by atoms with van der Waals surface area (Å²) in [5.74, 6) is 0. The van der Waals surface area contributed by atoms with Crippen molar-refractivity contribution in [1.82, 2.24) is 0 Å². The molecule has 0 radical (unpaired) electrons. The molecule has 3 rings (SSSR count). The predicted octanol–water partition coefficient (Wildman–Crippen LogP) is 8.10. The van der Waals surface area contributed by atoms with E-state index in [9.17, 15) is 17.3 Å². The normalized spacial score (nSPS) is 11.0. The monoisotopic (exact) mass is 406 g/mol. The van der Waals surface area contributed by atoms with Crippen LogP contribution < -0.4 is 0 Å². The summed E-state index contributed by atoms with van der Waals surface area (Å²) in [7, 11) is -6.00. The van der Waals surface area contributed by atoms with Crippen molar-refractivity contribution in [3.8, 4) is 20.9 Å². The van der Waals surface area contributed by atoms with Gasteiger partial charge in [0, 0.05) is 23.3 Å². The van der Waals surface area contributed by atoms with Crippen LogP contribution in [0.4, 0.5) is 17.3 Å². The molecule has 0 bridgehead atoms. The predicted molar refractivity (Wildman–Crippen MR) is 113 cm³/mol. The average Bonchev–Trinajstić information content (AvgIpc) is 2.66. The molecular formula is C22H23BF4S. The molecule has 1 heterocycles. The molecule has 0 atom stereocenters. The number of halogens is 4. The lowest BCUT2D eigenvalue weighted by atomic mass is 10.1. The minimum Gasteiger partial charge on any atom is -0.418 e. The summed E-state index contributed by atoms with van der Waals surface area (Å²) in [6.45, 7) is 6.57. The van der Waals surface area contributed by atoms with Gasteiger partial charge >= 0.3 is 7.25 Å². The van der Waals surface area contributed by atoms with Crippen molar-refractivity contribution in [3.05, 3.63) is 77.4 Å². The summed E-state index contributed by atoms with van der Waals surface area (Å²) in [6, 6.07) is 22.5.